The minimum atomic E-state index is -1.01. The van der Waals surface area contributed by atoms with Crippen molar-refractivity contribution in [3.63, 3.8) is 0 Å². The van der Waals surface area contributed by atoms with E-state index in [1.165, 1.54) is 6.07 Å². The highest BCUT2D eigenvalue weighted by molar-refractivity contribution is 5.94. The molecule has 0 aliphatic heterocycles. The van der Waals surface area contributed by atoms with Gasteiger partial charge in [-0.3, -0.25) is 4.40 Å². The van der Waals surface area contributed by atoms with Crippen LogP contribution in [0.5, 0.6) is 5.75 Å². The first-order valence-electron chi connectivity index (χ1n) is 6.38. The number of ether oxygens (including phenoxy) is 1. The molecule has 21 heavy (non-hydrogen) atoms. The Bertz CT molecular complexity index is 811. The molecule has 6 nitrogen and oxygen atoms in total. The fraction of sp³-hybridized carbons (Fsp3) is 0.133. The van der Waals surface area contributed by atoms with Gasteiger partial charge in [0, 0.05) is 12.6 Å². The molecular weight excluding hydrogens is 270 g/mol. The van der Waals surface area contributed by atoms with Crippen LogP contribution in [-0.2, 0) is 6.42 Å². The van der Waals surface area contributed by atoms with Crippen LogP contribution < -0.4 is 4.74 Å². The summed E-state index contributed by atoms with van der Waals surface area (Å²) in [6.45, 7) is 0. The number of hydrogen-bond donors (Lipinski definition) is 1. The molecule has 2 heterocycles. The summed E-state index contributed by atoms with van der Waals surface area (Å²) in [6, 6.07) is 10.8. The second-order valence-electron chi connectivity index (χ2n) is 4.57. The van der Waals surface area contributed by atoms with Gasteiger partial charge in [0.25, 0.3) is 0 Å². The molecule has 0 spiro atoms. The molecule has 0 saturated carbocycles. The van der Waals surface area contributed by atoms with Gasteiger partial charge in [-0.15, -0.1) is 10.2 Å². The lowest BCUT2D eigenvalue weighted by molar-refractivity contribution is 0.0698. The third kappa shape index (κ3) is 2.43. The van der Waals surface area contributed by atoms with Crippen molar-refractivity contribution in [2.24, 2.45) is 0 Å². The summed E-state index contributed by atoms with van der Waals surface area (Å²) in [6.07, 6.45) is 2.30. The van der Waals surface area contributed by atoms with Gasteiger partial charge < -0.3 is 9.84 Å². The zero-order chi connectivity index (χ0) is 14.8. The molecule has 0 fully saturated rings. The van der Waals surface area contributed by atoms with Crippen molar-refractivity contribution in [1.29, 1.82) is 0 Å². The SMILES string of the molecule is COc1cccc(Cc2nnc3c(C(=O)O)cccn23)c1. The summed E-state index contributed by atoms with van der Waals surface area (Å²) in [5.41, 5.74) is 1.51. The van der Waals surface area contributed by atoms with Crippen LogP contribution in [0.15, 0.2) is 42.6 Å². The van der Waals surface area contributed by atoms with Gasteiger partial charge in [-0.2, -0.15) is 0 Å². The number of rotatable bonds is 4. The third-order valence-electron chi connectivity index (χ3n) is 3.23. The molecule has 0 bridgehead atoms. The number of carboxylic acids is 1. The van der Waals surface area contributed by atoms with E-state index in [0.717, 1.165) is 11.3 Å². The minimum absolute atomic E-state index is 0.141. The average Bonchev–Trinajstić information content (AvgIpc) is 2.90. The van der Waals surface area contributed by atoms with E-state index >= 15 is 0 Å². The molecule has 3 aromatic rings. The molecule has 0 aliphatic carbocycles. The largest absolute Gasteiger partial charge is 0.497 e. The minimum Gasteiger partial charge on any atom is -0.497 e. The van der Waals surface area contributed by atoms with Crippen LogP contribution in [0.1, 0.15) is 21.7 Å². The standard InChI is InChI=1S/C15H13N3O3/c1-21-11-5-2-4-10(8-11)9-13-16-17-14-12(15(19)20)6-3-7-18(13)14/h2-8H,9H2,1H3,(H,19,20). The molecule has 0 unspecified atom stereocenters. The fourth-order valence-electron chi connectivity index (χ4n) is 2.22. The molecule has 0 amide bonds. The van der Waals surface area contributed by atoms with Gasteiger partial charge in [0.2, 0.25) is 0 Å². The summed E-state index contributed by atoms with van der Waals surface area (Å²) >= 11 is 0. The molecule has 106 valence electrons. The fourth-order valence-corrected chi connectivity index (χ4v) is 2.22. The monoisotopic (exact) mass is 283 g/mol. The Morgan fingerprint density at radius 2 is 2.14 bits per heavy atom. The number of carboxylic acid groups (broad SMARTS) is 1. The predicted octanol–water partition coefficient (Wildman–Crippen LogP) is 2.03. The number of hydrogen-bond acceptors (Lipinski definition) is 4. The maximum atomic E-state index is 11.2. The van der Waals surface area contributed by atoms with E-state index in [1.807, 2.05) is 24.3 Å². The van der Waals surface area contributed by atoms with Crippen molar-refractivity contribution in [1.82, 2.24) is 14.6 Å². The Kier molecular flexibility index (Phi) is 3.27. The molecule has 0 atom stereocenters. The van der Waals surface area contributed by atoms with Gasteiger partial charge in [-0.1, -0.05) is 12.1 Å². The van der Waals surface area contributed by atoms with Gasteiger partial charge in [0.15, 0.2) is 5.65 Å². The van der Waals surface area contributed by atoms with Crippen LogP contribution >= 0.6 is 0 Å². The molecule has 2 aromatic heterocycles. The van der Waals surface area contributed by atoms with Crippen molar-refractivity contribution < 1.29 is 14.6 Å². The maximum absolute atomic E-state index is 11.2. The second-order valence-corrected chi connectivity index (χ2v) is 4.57. The lowest BCUT2D eigenvalue weighted by Gasteiger charge is -2.04. The number of methoxy groups -OCH3 is 1. The Balaban J connectivity index is 2.01. The first kappa shape index (κ1) is 13.1. The molecule has 3 rings (SSSR count). The molecule has 1 N–H and O–H groups in total. The predicted molar refractivity (Wildman–Crippen MR) is 75.7 cm³/mol. The van der Waals surface area contributed by atoms with E-state index < -0.39 is 5.97 Å². The Morgan fingerprint density at radius 3 is 2.90 bits per heavy atom. The van der Waals surface area contributed by atoms with Crippen molar-refractivity contribution in [2.45, 2.75) is 6.42 Å². The summed E-state index contributed by atoms with van der Waals surface area (Å²) in [4.78, 5) is 11.2. The highest BCUT2D eigenvalue weighted by atomic mass is 16.5. The molecule has 6 heteroatoms. The zero-order valence-electron chi connectivity index (χ0n) is 11.4. The quantitative estimate of drug-likeness (QED) is 0.792. The smallest absolute Gasteiger partial charge is 0.339 e. The van der Waals surface area contributed by atoms with Crippen molar-refractivity contribution in [3.8, 4) is 5.75 Å². The van der Waals surface area contributed by atoms with Crippen molar-refractivity contribution >= 4 is 11.6 Å². The van der Waals surface area contributed by atoms with E-state index in [4.69, 9.17) is 9.84 Å². The number of nitrogens with zero attached hydrogens (tertiary/aromatic N) is 3. The van der Waals surface area contributed by atoms with Crippen molar-refractivity contribution in [3.05, 3.63) is 59.5 Å². The van der Waals surface area contributed by atoms with Crippen LogP contribution in [0.4, 0.5) is 0 Å². The van der Waals surface area contributed by atoms with Gasteiger partial charge in [-0.05, 0) is 29.8 Å². The topological polar surface area (TPSA) is 76.7 Å². The van der Waals surface area contributed by atoms with Gasteiger partial charge in [0.1, 0.15) is 17.1 Å². The highest BCUT2D eigenvalue weighted by Crippen LogP contribution is 2.17. The molecular formula is C15H13N3O3. The third-order valence-corrected chi connectivity index (χ3v) is 3.23. The Morgan fingerprint density at radius 1 is 1.29 bits per heavy atom. The summed E-state index contributed by atoms with van der Waals surface area (Å²) in [7, 11) is 1.62. The number of benzene rings is 1. The van der Waals surface area contributed by atoms with E-state index in [-0.39, 0.29) is 5.56 Å². The van der Waals surface area contributed by atoms with E-state index in [0.29, 0.717) is 17.9 Å². The van der Waals surface area contributed by atoms with E-state index in [1.54, 1.807) is 23.8 Å². The number of aromatic nitrogens is 3. The first-order valence-corrected chi connectivity index (χ1v) is 6.38. The first-order chi connectivity index (χ1) is 10.2. The van der Waals surface area contributed by atoms with Crippen LogP contribution in [0.2, 0.25) is 0 Å². The molecule has 0 saturated heterocycles. The molecule has 0 radical (unpaired) electrons. The van der Waals surface area contributed by atoms with Gasteiger partial charge in [0.05, 0.1) is 7.11 Å². The lowest BCUT2D eigenvalue weighted by Crippen LogP contribution is -2.02. The van der Waals surface area contributed by atoms with Gasteiger partial charge in [-0.25, -0.2) is 4.79 Å². The van der Waals surface area contributed by atoms with Crippen LogP contribution in [0.25, 0.3) is 5.65 Å². The lowest BCUT2D eigenvalue weighted by atomic mass is 10.1. The molecule has 0 aliphatic rings. The highest BCUT2D eigenvalue weighted by Gasteiger charge is 2.14. The zero-order valence-corrected chi connectivity index (χ0v) is 11.4. The van der Waals surface area contributed by atoms with Crippen LogP contribution in [-0.4, -0.2) is 32.8 Å². The average molecular weight is 283 g/mol. The Hall–Kier alpha value is -2.89. The maximum Gasteiger partial charge on any atom is 0.339 e. The van der Waals surface area contributed by atoms with Crippen molar-refractivity contribution in [2.75, 3.05) is 7.11 Å². The van der Waals surface area contributed by atoms with E-state index in [9.17, 15) is 4.79 Å². The van der Waals surface area contributed by atoms with Crippen LogP contribution in [0.3, 0.4) is 0 Å². The number of fused-ring (bicyclic) bond motifs is 1. The number of carbonyl (C=O) groups is 1. The summed E-state index contributed by atoms with van der Waals surface area (Å²) in [5, 5.41) is 17.2. The summed E-state index contributed by atoms with van der Waals surface area (Å²) < 4.78 is 6.89. The molecule has 1 aromatic carbocycles. The number of aromatic carboxylic acids is 1. The second kappa shape index (κ2) is 5.24. The Labute approximate surface area is 120 Å². The summed E-state index contributed by atoms with van der Waals surface area (Å²) in [5.74, 6) is 0.440. The normalized spacial score (nSPS) is 10.7. The number of pyridine rings is 1. The van der Waals surface area contributed by atoms with Gasteiger partial charge >= 0.3 is 5.97 Å². The van der Waals surface area contributed by atoms with E-state index in [2.05, 4.69) is 10.2 Å². The van der Waals surface area contributed by atoms with Crippen LogP contribution in [0, 0.1) is 0 Å².